The number of nitrogen functional groups attached to an aromatic ring is 1. The van der Waals surface area contributed by atoms with Gasteiger partial charge in [0.1, 0.15) is 11.5 Å². The lowest BCUT2D eigenvalue weighted by atomic mass is 10.1. The van der Waals surface area contributed by atoms with Gasteiger partial charge in [-0.05, 0) is 42.8 Å². The van der Waals surface area contributed by atoms with Crippen molar-refractivity contribution in [3.05, 3.63) is 47.5 Å². The molecule has 2 aromatic carbocycles. The van der Waals surface area contributed by atoms with E-state index in [1.54, 1.807) is 37.4 Å². The number of carbonyl (C=O) groups is 1. The lowest BCUT2D eigenvalue weighted by Crippen LogP contribution is -2.13. The molecule has 3 N–H and O–H groups in total. The highest BCUT2D eigenvalue weighted by molar-refractivity contribution is 6.06. The largest absolute Gasteiger partial charge is 0.497 e. The van der Waals surface area contributed by atoms with Crippen molar-refractivity contribution >= 4 is 17.3 Å². The van der Waals surface area contributed by atoms with E-state index in [0.29, 0.717) is 28.4 Å². The van der Waals surface area contributed by atoms with E-state index in [1.165, 1.54) is 7.11 Å². The van der Waals surface area contributed by atoms with Gasteiger partial charge >= 0.3 is 0 Å². The second-order valence-corrected chi connectivity index (χ2v) is 4.59. The zero-order chi connectivity index (χ0) is 15.4. The Balaban J connectivity index is 2.28. The number of carbonyl (C=O) groups excluding carboxylic acids is 1. The van der Waals surface area contributed by atoms with Gasteiger partial charge in [-0.15, -0.1) is 0 Å². The molecule has 5 heteroatoms. The summed E-state index contributed by atoms with van der Waals surface area (Å²) >= 11 is 0. The number of nitrogens with one attached hydrogen (secondary N) is 1. The third-order valence-corrected chi connectivity index (χ3v) is 3.19. The second kappa shape index (κ2) is 6.17. The molecule has 0 aliphatic heterocycles. The van der Waals surface area contributed by atoms with Crippen LogP contribution in [0.5, 0.6) is 11.5 Å². The maximum atomic E-state index is 12.4. The average Bonchev–Trinajstić information content (AvgIpc) is 2.50. The summed E-state index contributed by atoms with van der Waals surface area (Å²) in [5, 5.41) is 2.80. The van der Waals surface area contributed by atoms with Crippen LogP contribution < -0.4 is 20.5 Å². The van der Waals surface area contributed by atoms with E-state index in [9.17, 15) is 4.79 Å². The predicted molar refractivity (Wildman–Crippen MR) is 83.1 cm³/mol. The van der Waals surface area contributed by atoms with Gasteiger partial charge in [0.2, 0.25) is 0 Å². The molecule has 0 aliphatic carbocycles. The molecule has 0 fully saturated rings. The van der Waals surface area contributed by atoms with Crippen molar-refractivity contribution in [2.45, 2.75) is 6.92 Å². The quantitative estimate of drug-likeness (QED) is 0.848. The van der Waals surface area contributed by atoms with Gasteiger partial charge in [0, 0.05) is 11.4 Å². The number of hydrogen-bond acceptors (Lipinski definition) is 4. The van der Waals surface area contributed by atoms with Crippen LogP contribution in [0, 0.1) is 6.92 Å². The molecule has 0 aromatic heterocycles. The van der Waals surface area contributed by atoms with Crippen LogP contribution in [-0.4, -0.2) is 20.1 Å². The molecule has 0 saturated heterocycles. The highest BCUT2D eigenvalue weighted by Crippen LogP contribution is 2.25. The fraction of sp³-hybridized carbons (Fsp3) is 0.188. The van der Waals surface area contributed by atoms with Gasteiger partial charge in [-0.25, -0.2) is 0 Å². The van der Waals surface area contributed by atoms with Crippen LogP contribution in [0.15, 0.2) is 36.4 Å². The smallest absolute Gasteiger partial charge is 0.259 e. The van der Waals surface area contributed by atoms with E-state index in [2.05, 4.69) is 5.32 Å². The van der Waals surface area contributed by atoms with E-state index in [0.717, 1.165) is 5.56 Å². The highest BCUT2D eigenvalue weighted by atomic mass is 16.5. The van der Waals surface area contributed by atoms with Crippen molar-refractivity contribution in [1.29, 1.82) is 0 Å². The first-order valence-corrected chi connectivity index (χ1v) is 6.44. The third-order valence-electron chi connectivity index (χ3n) is 3.19. The van der Waals surface area contributed by atoms with Crippen molar-refractivity contribution in [2.24, 2.45) is 0 Å². The van der Waals surface area contributed by atoms with Crippen LogP contribution in [0.4, 0.5) is 11.4 Å². The molecule has 0 atom stereocenters. The molecule has 0 radical (unpaired) electrons. The van der Waals surface area contributed by atoms with Crippen molar-refractivity contribution in [1.82, 2.24) is 0 Å². The minimum absolute atomic E-state index is 0.283. The van der Waals surface area contributed by atoms with Crippen LogP contribution >= 0.6 is 0 Å². The summed E-state index contributed by atoms with van der Waals surface area (Å²) in [6, 6.07) is 10.4. The molecule has 5 nitrogen and oxygen atoms in total. The number of nitrogens with two attached hydrogens (primary N) is 1. The van der Waals surface area contributed by atoms with E-state index >= 15 is 0 Å². The van der Waals surface area contributed by atoms with Crippen LogP contribution in [0.25, 0.3) is 0 Å². The van der Waals surface area contributed by atoms with Gasteiger partial charge in [-0.3, -0.25) is 4.79 Å². The molecule has 0 aliphatic rings. The van der Waals surface area contributed by atoms with E-state index in [1.807, 2.05) is 13.0 Å². The molecule has 0 heterocycles. The maximum Gasteiger partial charge on any atom is 0.259 e. The molecule has 0 bridgehead atoms. The molecular formula is C16H18N2O3. The molecular weight excluding hydrogens is 268 g/mol. The van der Waals surface area contributed by atoms with Gasteiger partial charge in [0.15, 0.2) is 0 Å². The van der Waals surface area contributed by atoms with Crippen LogP contribution in [0.3, 0.4) is 0 Å². The summed E-state index contributed by atoms with van der Waals surface area (Å²) in [6.45, 7) is 1.91. The Bertz CT molecular complexity index is 669. The Morgan fingerprint density at radius 2 is 1.86 bits per heavy atom. The summed E-state index contributed by atoms with van der Waals surface area (Å²) in [5.74, 6) is 0.784. The first kappa shape index (κ1) is 14.7. The molecule has 1 amide bonds. The summed E-state index contributed by atoms with van der Waals surface area (Å²) in [4.78, 5) is 12.4. The Morgan fingerprint density at radius 3 is 2.48 bits per heavy atom. The molecule has 0 unspecified atom stereocenters. The SMILES string of the molecule is COc1ccc(OC)c(C(=O)Nc2ccc(C)c(N)c2)c1. The lowest BCUT2D eigenvalue weighted by Gasteiger charge is -2.11. The van der Waals surface area contributed by atoms with Crippen molar-refractivity contribution < 1.29 is 14.3 Å². The van der Waals surface area contributed by atoms with Gasteiger partial charge in [0.25, 0.3) is 5.91 Å². The Kier molecular flexibility index (Phi) is 4.33. The zero-order valence-electron chi connectivity index (χ0n) is 12.3. The third kappa shape index (κ3) is 3.25. The topological polar surface area (TPSA) is 73.6 Å². The van der Waals surface area contributed by atoms with Crippen molar-refractivity contribution in [3.63, 3.8) is 0 Å². The predicted octanol–water partition coefficient (Wildman–Crippen LogP) is 2.85. The number of rotatable bonds is 4. The molecule has 2 aromatic rings. The number of anilines is 2. The minimum atomic E-state index is -0.283. The Hall–Kier alpha value is -2.69. The van der Waals surface area contributed by atoms with Gasteiger partial charge in [-0.2, -0.15) is 0 Å². The first-order valence-electron chi connectivity index (χ1n) is 6.44. The monoisotopic (exact) mass is 286 g/mol. The standard InChI is InChI=1S/C16H18N2O3/c1-10-4-5-11(8-14(10)17)18-16(19)13-9-12(20-2)6-7-15(13)21-3/h4-9H,17H2,1-3H3,(H,18,19). The number of aryl methyl sites for hydroxylation is 1. The van der Waals surface area contributed by atoms with Gasteiger partial charge < -0.3 is 20.5 Å². The fourth-order valence-electron chi connectivity index (χ4n) is 1.91. The Labute approximate surface area is 123 Å². The summed E-state index contributed by atoms with van der Waals surface area (Å²) in [7, 11) is 3.06. The van der Waals surface area contributed by atoms with Gasteiger partial charge in [-0.1, -0.05) is 6.07 Å². The normalized spacial score (nSPS) is 10.0. The summed E-state index contributed by atoms with van der Waals surface area (Å²) < 4.78 is 10.3. The highest BCUT2D eigenvalue weighted by Gasteiger charge is 2.14. The van der Waals surface area contributed by atoms with Gasteiger partial charge in [0.05, 0.1) is 19.8 Å². The number of benzene rings is 2. The summed E-state index contributed by atoms with van der Waals surface area (Å²) in [6.07, 6.45) is 0. The maximum absolute atomic E-state index is 12.4. The zero-order valence-corrected chi connectivity index (χ0v) is 12.3. The number of ether oxygens (including phenoxy) is 2. The van der Waals surface area contributed by atoms with Crippen LogP contribution in [0.1, 0.15) is 15.9 Å². The first-order chi connectivity index (χ1) is 10.0. The molecule has 0 spiro atoms. The number of amides is 1. The van der Waals surface area contributed by atoms with Crippen LogP contribution in [0.2, 0.25) is 0 Å². The Morgan fingerprint density at radius 1 is 1.10 bits per heavy atom. The molecule has 21 heavy (non-hydrogen) atoms. The van der Waals surface area contributed by atoms with Crippen molar-refractivity contribution in [2.75, 3.05) is 25.3 Å². The summed E-state index contributed by atoms with van der Waals surface area (Å²) in [5.41, 5.74) is 8.47. The number of methoxy groups -OCH3 is 2. The molecule has 110 valence electrons. The number of hydrogen-bond donors (Lipinski definition) is 2. The molecule has 0 saturated carbocycles. The lowest BCUT2D eigenvalue weighted by molar-refractivity contribution is 0.102. The van der Waals surface area contributed by atoms with E-state index in [4.69, 9.17) is 15.2 Å². The van der Waals surface area contributed by atoms with E-state index < -0.39 is 0 Å². The van der Waals surface area contributed by atoms with Crippen LogP contribution in [-0.2, 0) is 0 Å². The fourth-order valence-corrected chi connectivity index (χ4v) is 1.91. The van der Waals surface area contributed by atoms with Crippen molar-refractivity contribution in [3.8, 4) is 11.5 Å². The van der Waals surface area contributed by atoms with E-state index in [-0.39, 0.29) is 5.91 Å². The minimum Gasteiger partial charge on any atom is -0.497 e. The second-order valence-electron chi connectivity index (χ2n) is 4.59. The average molecular weight is 286 g/mol. The molecule has 2 rings (SSSR count).